The molecule has 0 aromatic heterocycles. The van der Waals surface area contributed by atoms with E-state index in [1.807, 2.05) is 0 Å². The van der Waals surface area contributed by atoms with Crippen LogP contribution in [0.5, 0.6) is 0 Å². The monoisotopic (exact) mass is 1750 g/mol. The van der Waals surface area contributed by atoms with Crippen molar-refractivity contribution in [1.82, 2.24) is 0 Å². The molecule has 3 fully saturated rings. The minimum Gasteiger partial charge on any atom is -0.463 e. The number of phosphoric acid groups is 1. The van der Waals surface area contributed by atoms with Gasteiger partial charge in [-0.1, -0.05) is 368 Å². The Morgan fingerprint density at radius 2 is 0.669 bits per heavy atom. The van der Waals surface area contributed by atoms with Crippen molar-refractivity contribution < 1.29 is 122 Å². The number of unbranched alkanes of at least 4 members (excludes halogenated alkanes) is 50. The highest BCUT2D eigenvalue weighted by Crippen LogP contribution is 2.49. The maximum Gasteiger partial charge on any atom is 0.472 e. The number of carbonyl (C=O) groups excluding carboxylic acids is 4. The molecule has 2 aliphatic heterocycles. The van der Waals surface area contributed by atoms with Crippen molar-refractivity contribution in [3.63, 3.8) is 0 Å². The van der Waals surface area contributed by atoms with E-state index in [0.717, 1.165) is 148 Å². The third kappa shape index (κ3) is 53.1. The van der Waals surface area contributed by atoms with E-state index in [2.05, 4.69) is 46.8 Å². The lowest BCUT2D eigenvalue weighted by Crippen LogP contribution is -2.70. The first kappa shape index (κ1) is 112. The Morgan fingerprint density at radius 3 is 1.07 bits per heavy atom. The lowest BCUT2D eigenvalue weighted by Gasteiger charge is -2.50. The summed E-state index contributed by atoms with van der Waals surface area (Å²) in [7, 11) is -5.81. The smallest absolute Gasteiger partial charge is 0.463 e. The van der Waals surface area contributed by atoms with Crippen LogP contribution in [0.1, 0.15) is 433 Å². The van der Waals surface area contributed by atoms with Crippen molar-refractivity contribution in [2.75, 3.05) is 26.4 Å². The van der Waals surface area contributed by atoms with Gasteiger partial charge in [-0.25, -0.2) is 4.57 Å². The average Bonchev–Trinajstić information content (AvgIpc) is 0.754. The van der Waals surface area contributed by atoms with Crippen LogP contribution in [0.3, 0.4) is 0 Å². The number of esters is 4. The van der Waals surface area contributed by atoms with Crippen molar-refractivity contribution in [2.45, 2.75) is 537 Å². The van der Waals surface area contributed by atoms with Crippen LogP contribution in [-0.4, -0.2) is 205 Å². The Bertz CT molecular complexity index is 2570. The number of carbonyl (C=O) groups is 4. The van der Waals surface area contributed by atoms with E-state index >= 15 is 0 Å². The van der Waals surface area contributed by atoms with Crippen molar-refractivity contribution in [1.29, 1.82) is 0 Å². The fraction of sp³-hybridized carbons (Fsp3) is 0.937. The largest absolute Gasteiger partial charge is 0.472 e. The van der Waals surface area contributed by atoms with Gasteiger partial charge in [-0.15, -0.1) is 0 Å². The third-order valence-corrected chi connectivity index (χ3v) is 25.4. The molecule has 3 rings (SSSR count). The minimum atomic E-state index is -5.81. The summed E-state index contributed by atoms with van der Waals surface area (Å²) in [6, 6.07) is 0. The lowest BCUT2D eigenvalue weighted by atomic mass is 9.84. The molecule has 0 aromatic rings. The van der Waals surface area contributed by atoms with Gasteiger partial charge in [0.1, 0.15) is 92.6 Å². The number of allylic oxidation sites excluding steroid dienone is 2. The summed E-state index contributed by atoms with van der Waals surface area (Å²) in [5, 5.41) is 103. The molecule has 1 saturated carbocycles. The van der Waals surface area contributed by atoms with E-state index in [-0.39, 0.29) is 25.7 Å². The van der Waals surface area contributed by atoms with Gasteiger partial charge in [0, 0.05) is 25.7 Å². The summed E-state index contributed by atoms with van der Waals surface area (Å²) in [5.41, 5.74) is 0. The summed E-state index contributed by atoms with van der Waals surface area (Å²) in [6.07, 6.45) is 31.8. The molecule has 19 unspecified atom stereocenters. The Labute approximate surface area is 731 Å². The molecule has 10 N–H and O–H groups in total. The number of rotatable bonds is 80. The van der Waals surface area contributed by atoms with Gasteiger partial charge in [-0.3, -0.25) is 28.2 Å². The first-order valence-corrected chi connectivity index (χ1v) is 50.8. The van der Waals surface area contributed by atoms with E-state index < -0.39 is 162 Å². The van der Waals surface area contributed by atoms with Gasteiger partial charge in [0.2, 0.25) is 0 Å². The molecule has 3 aliphatic rings. The zero-order valence-corrected chi connectivity index (χ0v) is 77.2. The van der Waals surface area contributed by atoms with Gasteiger partial charge >= 0.3 is 31.7 Å². The van der Waals surface area contributed by atoms with Crippen molar-refractivity contribution in [3.8, 4) is 0 Å². The summed E-state index contributed by atoms with van der Waals surface area (Å²) in [4.78, 5) is 66.7. The van der Waals surface area contributed by atoms with Gasteiger partial charge in [-0.05, 0) is 57.3 Å². The van der Waals surface area contributed by atoms with Crippen LogP contribution in [0, 0.1) is 5.92 Å². The second kappa shape index (κ2) is 73.0. The van der Waals surface area contributed by atoms with Gasteiger partial charge in [-0.2, -0.15) is 0 Å². The molecule has 2 saturated heterocycles. The maximum atomic E-state index is 14.9. The summed E-state index contributed by atoms with van der Waals surface area (Å²) in [6.45, 7) is 7.95. The molecular formula is C95H177O25P. The highest BCUT2D eigenvalue weighted by atomic mass is 31.2. The molecule has 0 bridgehead atoms. The number of ether oxygens (including phenoxy) is 8. The molecule has 712 valence electrons. The second-order valence-electron chi connectivity index (χ2n) is 35.6. The molecule has 2 heterocycles. The van der Waals surface area contributed by atoms with Crippen LogP contribution < -0.4 is 0 Å². The first-order chi connectivity index (χ1) is 58.6. The Hall–Kier alpha value is -2.79. The van der Waals surface area contributed by atoms with E-state index in [1.165, 1.54) is 193 Å². The molecule has 1 aliphatic carbocycles. The quantitative estimate of drug-likeness (QED) is 0.00889. The number of phosphoric ester groups is 1. The van der Waals surface area contributed by atoms with Gasteiger partial charge in [0.15, 0.2) is 24.8 Å². The number of hydrogen-bond acceptors (Lipinski definition) is 24. The van der Waals surface area contributed by atoms with Crippen LogP contribution in [0.2, 0.25) is 0 Å². The topological polar surface area (TPSA) is 380 Å². The highest BCUT2D eigenvalue weighted by Gasteiger charge is 2.60. The van der Waals surface area contributed by atoms with Gasteiger partial charge in [0.05, 0.1) is 13.2 Å². The van der Waals surface area contributed by atoms with Crippen molar-refractivity contribution >= 4 is 31.7 Å². The highest BCUT2D eigenvalue weighted by molar-refractivity contribution is 7.47. The van der Waals surface area contributed by atoms with Crippen LogP contribution >= 0.6 is 7.82 Å². The molecule has 0 aromatic carbocycles. The van der Waals surface area contributed by atoms with Gasteiger partial charge in [0.25, 0.3) is 0 Å². The zero-order chi connectivity index (χ0) is 88.4. The Kier molecular flexibility index (Phi) is 67.8. The molecule has 121 heavy (non-hydrogen) atoms. The van der Waals surface area contributed by atoms with Gasteiger partial charge < -0.3 is 88.7 Å². The normalized spacial score (nSPS) is 24.9. The Morgan fingerprint density at radius 1 is 0.347 bits per heavy atom. The first-order valence-electron chi connectivity index (χ1n) is 49.3. The SMILES string of the molecule is CCCCCC/C=C\CCCCCCCCCC(=O)OCC(COP(=O)(O)OC1C(OC2OC(CO)C(O)C(O)C2O)C(O)C(O)C(OC(=O)CCCCCCCCCCCCCCCCC)C1OC1OC(COC(=O)CCCCCCCCCCCCCCCCCC)C(O)C(O)C1O)OC(=O)CCCCCCCCC(C)CCCCCCCC. The average molecular weight is 1750 g/mol. The fourth-order valence-electron chi connectivity index (χ4n) is 16.5. The number of aliphatic hydroxyl groups is 9. The minimum absolute atomic E-state index is 0.0189. The van der Waals surface area contributed by atoms with Crippen LogP contribution in [0.25, 0.3) is 0 Å². The molecule has 0 spiro atoms. The summed E-state index contributed by atoms with van der Waals surface area (Å²) >= 11 is 0. The molecule has 25 nitrogen and oxygen atoms in total. The number of hydrogen-bond donors (Lipinski definition) is 10. The van der Waals surface area contributed by atoms with Crippen LogP contribution in [0.15, 0.2) is 12.2 Å². The van der Waals surface area contributed by atoms with Crippen LogP contribution in [-0.2, 0) is 70.7 Å². The standard InChI is InChI=1S/C95H177O25P/c1-6-10-14-18-22-25-28-31-34-37-39-42-45-48-55-61-67-79(98)112-73-77-83(102)85(104)89(108)95(116-77)119-92-90(117-81(100)69-63-56-49-46-43-40-36-33-30-27-24-20-16-12-8-3)86(105)87(106)91(118-94-88(107)84(103)82(101)76(70-96)115-94)93(92)120-121(109,110)113-72-75(71-111-78(97)66-60-54-47-44-41-38-35-32-29-26-23-19-15-11-7-2)114-80(99)68-62-57-51-50-53-59-65-74(5)64-58-52-21-17-13-9-4/h26,29,74-77,82-96,101-108H,6-25,27-28,30-73H2,1-5H3,(H,109,110)/b29-26-. The third-order valence-electron chi connectivity index (χ3n) is 24.4. The van der Waals surface area contributed by atoms with Crippen molar-refractivity contribution in [3.05, 3.63) is 12.2 Å². The second-order valence-corrected chi connectivity index (χ2v) is 37.0. The van der Waals surface area contributed by atoms with E-state index in [0.29, 0.717) is 38.0 Å². The predicted octanol–water partition coefficient (Wildman–Crippen LogP) is 19.0. The van der Waals surface area contributed by atoms with E-state index in [4.69, 9.17) is 46.9 Å². The summed E-state index contributed by atoms with van der Waals surface area (Å²) in [5.74, 6) is -2.28. The predicted molar refractivity (Wildman–Crippen MR) is 472 cm³/mol. The lowest BCUT2D eigenvalue weighted by molar-refractivity contribution is -0.360. The van der Waals surface area contributed by atoms with E-state index in [1.54, 1.807) is 0 Å². The fourth-order valence-corrected chi connectivity index (χ4v) is 17.5. The van der Waals surface area contributed by atoms with Crippen molar-refractivity contribution in [2.24, 2.45) is 5.92 Å². The molecule has 19 atom stereocenters. The molecule has 0 radical (unpaired) electrons. The number of aliphatic hydroxyl groups excluding tert-OH is 9. The molecule has 26 heteroatoms. The molecular weight excluding hydrogens is 1570 g/mol. The maximum absolute atomic E-state index is 14.9. The Balaban J connectivity index is 1.91. The van der Waals surface area contributed by atoms with Crippen LogP contribution in [0.4, 0.5) is 0 Å². The zero-order valence-electron chi connectivity index (χ0n) is 76.3. The molecule has 0 amide bonds. The van der Waals surface area contributed by atoms with E-state index in [9.17, 15) is 74.6 Å². The summed E-state index contributed by atoms with van der Waals surface area (Å²) < 4.78 is 73.6.